The van der Waals surface area contributed by atoms with Crippen molar-refractivity contribution in [2.24, 2.45) is 4.99 Å². The van der Waals surface area contributed by atoms with Gasteiger partial charge in [0.2, 0.25) is 0 Å². The maximum atomic E-state index is 11.6. The second kappa shape index (κ2) is 7.74. The average Bonchev–Trinajstić information content (AvgIpc) is 2.69. The van der Waals surface area contributed by atoms with Gasteiger partial charge in [-0.3, -0.25) is 4.99 Å². The number of hydrogen-bond donors (Lipinski definition) is 0. The van der Waals surface area contributed by atoms with Crippen molar-refractivity contribution in [2.75, 3.05) is 31.6 Å². The average molecular weight is 436 g/mol. The molecule has 0 atom stereocenters. The summed E-state index contributed by atoms with van der Waals surface area (Å²) >= 11 is 16.8. The van der Waals surface area contributed by atoms with E-state index in [0.29, 0.717) is 43.4 Å². The van der Waals surface area contributed by atoms with Crippen LogP contribution in [0.1, 0.15) is 6.42 Å². The van der Waals surface area contributed by atoms with Crippen molar-refractivity contribution in [1.29, 1.82) is 0 Å². The predicted octanol–water partition coefficient (Wildman–Crippen LogP) is 3.58. The van der Waals surface area contributed by atoms with Gasteiger partial charge in [-0.1, -0.05) is 0 Å². The molecule has 2 rings (SSSR count). The number of methoxy groups -OCH3 is 1. The van der Waals surface area contributed by atoms with E-state index in [2.05, 4.69) is 4.99 Å². The molecule has 0 aliphatic carbocycles. The van der Waals surface area contributed by atoms with Crippen molar-refractivity contribution in [3.8, 4) is 5.75 Å². The van der Waals surface area contributed by atoms with E-state index in [0.717, 1.165) is 0 Å². The second-order valence-corrected chi connectivity index (χ2v) is 9.57. The molecular formula is C13H14Cl4N2O4S. The molecule has 0 spiro atoms. The molecule has 0 aromatic heterocycles. The lowest BCUT2D eigenvalue weighted by molar-refractivity contribution is 0.297. The number of halogens is 4. The fraction of sp³-hybridized carbons (Fsp3) is 0.462. The van der Waals surface area contributed by atoms with Crippen LogP contribution in [0.5, 0.6) is 5.75 Å². The van der Waals surface area contributed by atoms with Gasteiger partial charge in [0.1, 0.15) is 5.75 Å². The molecule has 0 radical (unpaired) electrons. The Kier molecular flexibility index (Phi) is 6.36. The van der Waals surface area contributed by atoms with Gasteiger partial charge in [-0.25, -0.2) is 8.42 Å². The maximum absolute atomic E-state index is 11.6. The summed E-state index contributed by atoms with van der Waals surface area (Å²) in [6.07, 6.45) is 0.384. The maximum Gasteiger partial charge on any atom is 0.339 e. The van der Waals surface area contributed by atoms with E-state index in [9.17, 15) is 8.42 Å². The van der Waals surface area contributed by atoms with Crippen LogP contribution >= 0.6 is 45.5 Å². The number of hydrogen-bond acceptors (Lipinski definition) is 6. The van der Waals surface area contributed by atoms with Gasteiger partial charge in [0.05, 0.1) is 24.2 Å². The molecule has 6 nitrogen and oxygen atoms in total. The fourth-order valence-electron chi connectivity index (χ4n) is 2.24. The summed E-state index contributed by atoms with van der Waals surface area (Å²) in [5.74, 6) is 0.836. The first-order chi connectivity index (χ1) is 11.1. The lowest BCUT2D eigenvalue weighted by Crippen LogP contribution is -2.27. The van der Waals surface area contributed by atoms with Gasteiger partial charge in [-0.2, -0.15) is 0 Å². The predicted molar refractivity (Wildman–Crippen MR) is 96.5 cm³/mol. The minimum absolute atomic E-state index is 0.0112. The lowest BCUT2D eigenvalue weighted by Gasteiger charge is -2.25. The van der Waals surface area contributed by atoms with E-state index < -0.39 is 13.0 Å². The topological polar surface area (TPSA) is 68.2 Å². The Bertz CT molecular complexity index is 734. The number of ether oxygens (including phenoxy) is 2. The van der Waals surface area contributed by atoms with Crippen LogP contribution in [0.15, 0.2) is 28.1 Å². The first-order valence-corrected chi connectivity index (χ1v) is 10.2. The molecule has 24 heavy (non-hydrogen) atoms. The highest BCUT2D eigenvalue weighted by atomic mass is 35.7. The molecule has 0 unspecified atom stereocenters. The van der Waals surface area contributed by atoms with Gasteiger partial charge < -0.3 is 14.4 Å². The van der Waals surface area contributed by atoms with Crippen LogP contribution in [0, 0.1) is 0 Å². The largest absolute Gasteiger partial charge is 0.495 e. The molecule has 1 heterocycles. The lowest BCUT2D eigenvalue weighted by atomic mass is 10.2. The third-order valence-electron chi connectivity index (χ3n) is 3.26. The molecule has 0 amide bonds. The second-order valence-electron chi connectivity index (χ2n) is 4.83. The van der Waals surface area contributed by atoms with Crippen LogP contribution in [0.4, 0.5) is 5.69 Å². The molecule has 0 fully saturated rings. The molecule has 0 bridgehead atoms. The molecular weight excluding hydrogens is 422 g/mol. The van der Waals surface area contributed by atoms with Crippen molar-refractivity contribution < 1.29 is 17.9 Å². The van der Waals surface area contributed by atoms with E-state index in [4.69, 9.17) is 55.0 Å². The number of anilines is 1. The van der Waals surface area contributed by atoms with Crippen molar-refractivity contribution in [2.45, 2.75) is 15.3 Å². The van der Waals surface area contributed by atoms with Gasteiger partial charge in [0.25, 0.3) is 9.05 Å². The van der Waals surface area contributed by atoms with Crippen molar-refractivity contribution in [1.82, 2.24) is 0 Å². The summed E-state index contributed by atoms with van der Waals surface area (Å²) in [7, 11) is 3.07. The standard InChI is InChI=1S/C13H14Cl4N2O4S/c1-22-11-3-2-9(24(17,20)21)8-10(11)19-6-4-12(18-5-7-19)23-13(14,15)16/h2-3,8H,4-7H2,1H3. The number of alkyl halides is 3. The van der Waals surface area contributed by atoms with Crippen LogP contribution in [0.3, 0.4) is 0 Å². The Labute approximate surface area is 159 Å². The van der Waals surface area contributed by atoms with Crippen LogP contribution in [0.2, 0.25) is 0 Å². The van der Waals surface area contributed by atoms with Crippen LogP contribution in [0.25, 0.3) is 0 Å². The smallest absolute Gasteiger partial charge is 0.339 e. The van der Waals surface area contributed by atoms with Crippen LogP contribution in [-0.2, 0) is 13.8 Å². The zero-order valence-corrected chi connectivity index (χ0v) is 16.3. The summed E-state index contributed by atoms with van der Waals surface area (Å²) in [4.78, 5) is 6.12. The highest BCUT2D eigenvalue weighted by molar-refractivity contribution is 8.13. The molecule has 11 heteroatoms. The van der Waals surface area contributed by atoms with E-state index in [1.54, 1.807) is 6.07 Å². The van der Waals surface area contributed by atoms with Gasteiger partial charge in [-0.15, -0.1) is 0 Å². The molecule has 0 N–H and O–H groups in total. The third-order valence-corrected chi connectivity index (χ3v) is 4.84. The number of benzene rings is 1. The zero-order chi connectivity index (χ0) is 18.0. The van der Waals surface area contributed by atoms with Gasteiger partial charge >= 0.3 is 3.98 Å². The Morgan fingerprint density at radius 3 is 2.54 bits per heavy atom. The Morgan fingerprint density at radius 1 is 1.25 bits per heavy atom. The molecule has 134 valence electrons. The first-order valence-electron chi connectivity index (χ1n) is 6.77. The van der Waals surface area contributed by atoms with Crippen molar-refractivity contribution in [3.05, 3.63) is 18.2 Å². The SMILES string of the molecule is COc1ccc(S(=O)(=O)Cl)cc1N1CCN=C(OC(Cl)(Cl)Cl)CC1. The first kappa shape index (κ1) is 19.7. The quantitative estimate of drug-likeness (QED) is 0.536. The third kappa shape index (κ3) is 5.46. The molecule has 0 saturated heterocycles. The van der Waals surface area contributed by atoms with Crippen LogP contribution < -0.4 is 9.64 Å². The normalized spacial score (nSPS) is 16.4. The molecule has 1 aliphatic rings. The Balaban J connectivity index is 2.23. The van der Waals surface area contributed by atoms with Gasteiger partial charge in [-0.05, 0) is 53.0 Å². The highest BCUT2D eigenvalue weighted by Crippen LogP contribution is 2.33. The van der Waals surface area contributed by atoms with E-state index >= 15 is 0 Å². The summed E-state index contributed by atoms with van der Waals surface area (Å²) in [5.41, 5.74) is 0.588. The fourth-order valence-corrected chi connectivity index (χ4v) is 3.28. The highest BCUT2D eigenvalue weighted by Gasteiger charge is 2.26. The van der Waals surface area contributed by atoms with E-state index in [1.165, 1.54) is 19.2 Å². The van der Waals surface area contributed by atoms with E-state index in [-0.39, 0.29) is 4.90 Å². The minimum atomic E-state index is -3.85. The van der Waals surface area contributed by atoms with Gasteiger partial charge in [0.15, 0.2) is 5.90 Å². The summed E-state index contributed by atoms with van der Waals surface area (Å²) in [6.45, 7) is 1.37. The van der Waals surface area contributed by atoms with E-state index in [1.807, 2.05) is 4.90 Å². The van der Waals surface area contributed by atoms with Crippen LogP contribution in [-0.4, -0.2) is 45.0 Å². The molecule has 1 aliphatic heterocycles. The van der Waals surface area contributed by atoms with Crippen molar-refractivity contribution in [3.63, 3.8) is 0 Å². The number of aliphatic imine (C=N–C) groups is 1. The monoisotopic (exact) mass is 434 g/mol. The summed E-state index contributed by atoms with van der Waals surface area (Å²) < 4.78 is 31.7. The van der Waals surface area contributed by atoms with Gasteiger partial charge in [0, 0.05) is 30.2 Å². The Hall–Kier alpha value is -0.600. The molecule has 1 aromatic carbocycles. The zero-order valence-electron chi connectivity index (χ0n) is 12.5. The molecule has 0 saturated carbocycles. The summed E-state index contributed by atoms with van der Waals surface area (Å²) in [6, 6.07) is 4.40. The summed E-state index contributed by atoms with van der Waals surface area (Å²) in [5, 5.41) is 0. The number of nitrogens with zero attached hydrogens (tertiary/aromatic N) is 2. The van der Waals surface area contributed by atoms with Crippen molar-refractivity contribution >= 4 is 66.1 Å². The minimum Gasteiger partial charge on any atom is -0.495 e. The number of rotatable bonds is 3. The molecule has 1 aromatic rings. The Morgan fingerprint density at radius 2 is 1.96 bits per heavy atom.